The highest BCUT2D eigenvalue weighted by Gasteiger charge is 2.25. The molecule has 2 amide bonds. The number of aromatic nitrogens is 2. The monoisotopic (exact) mass is 246 g/mol. The predicted octanol–water partition coefficient (Wildman–Crippen LogP) is -0.506. The summed E-state index contributed by atoms with van der Waals surface area (Å²) in [6.07, 6.45) is -1.20. The van der Waals surface area contributed by atoms with E-state index in [1.54, 1.807) is 0 Å². The molecule has 0 aliphatic rings. The molecule has 0 aromatic carbocycles. The first-order valence-corrected chi connectivity index (χ1v) is 5.13. The molecule has 1 aromatic heterocycles. The lowest BCUT2D eigenvalue weighted by atomic mass is 10.2. The number of aliphatic hydroxyl groups is 1. The zero-order chi connectivity index (χ0) is 12.1. The quantitative estimate of drug-likeness (QED) is 0.567. The van der Waals surface area contributed by atoms with Gasteiger partial charge in [-0.15, -0.1) is 10.2 Å². The van der Waals surface area contributed by atoms with E-state index in [0.717, 1.165) is 11.3 Å². The van der Waals surface area contributed by atoms with E-state index in [0.29, 0.717) is 0 Å². The zero-order valence-corrected chi connectivity index (χ0v) is 9.06. The molecule has 2 atom stereocenters. The lowest BCUT2D eigenvalue weighted by Gasteiger charge is -2.16. The Morgan fingerprint density at radius 3 is 2.69 bits per heavy atom. The van der Waals surface area contributed by atoms with Crippen molar-refractivity contribution in [3.8, 4) is 0 Å². The minimum Gasteiger partial charge on any atom is -0.480 e. The number of nitrogens with zero attached hydrogens (tertiary/aromatic N) is 2. The maximum absolute atomic E-state index is 11.3. The van der Waals surface area contributed by atoms with Crippen molar-refractivity contribution in [2.45, 2.75) is 19.1 Å². The average Bonchev–Trinajstić information content (AvgIpc) is 2.65. The maximum Gasteiger partial charge on any atom is 0.328 e. The SMILES string of the molecule is CC(O)C(NC(=O)Nc1nncs1)C(=O)O. The van der Waals surface area contributed by atoms with Gasteiger partial charge in [0.1, 0.15) is 5.51 Å². The van der Waals surface area contributed by atoms with E-state index in [1.807, 2.05) is 0 Å². The van der Waals surface area contributed by atoms with Gasteiger partial charge in [0.25, 0.3) is 0 Å². The van der Waals surface area contributed by atoms with Crippen molar-refractivity contribution in [1.29, 1.82) is 0 Å². The number of hydrogen-bond donors (Lipinski definition) is 4. The molecule has 8 nitrogen and oxygen atoms in total. The van der Waals surface area contributed by atoms with Crippen LogP contribution in [0, 0.1) is 0 Å². The summed E-state index contributed by atoms with van der Waals surface area (Å²) < 4.78 is 0. The molecule has 1 rings (SSSR count). The Hall–Kier alpha value is -1.74. The van der Waals surface area contributed by atoms with Crippen molar-refractivity contribution in [3.63, 3.8) is 0 Å². The summed E-state index contributed by atoms with van der Waals surface area (Å²) in [5, 5.41) is 29.4. The minimum absolute atomic E-state index is 0.243. The summed E-state index contributed by atoms with van der Waals surface area (Å²) in [5.74, 6) is -1.32. The molecule has 0 saturated heterocycles. The van der Waals surface area contributed by atoms with Gasteiger partial charge in [-0.2, -0.15) is 0 Å². The van der Waals surface area contributed by atoms with Crippen LogP contribution in [-0.4, -0.2) is 44.6 Å². The van der Waals surface area contributed by atoms with Crippen molar-refractivity contribution in [3.05, 3.63) is 5.51 Å². The molecule has 1 heterocycles. The Bertz CT molecular complexity index is 366. The second kappa shape index (κ2) is 5.37. The molecule has 0 saturated carbocycles. The lowest BCUT2D eigenvalue weighted by molar-refractivity contribution is -0.141. The molecule has 88 valence electrons. The van der Waals surface area contributed by atoms with E-state index in [-0.39, 0.29) is 5.13 Å². The van der Waals surface area contributed by atoms with Crippen molar-refractivity contribution in [1.82, 2.24) is 15.5 Å². The molecule has 0 bridgehead atoms. The van der Waals surface area contributed by atoms with Gasteiger partial charge in [-0.1, -0.05) is 11.3 Å². The molecule has 0 spiro atoms. The minimum atomic E-state index is -1.37. The van der Waals surface area contributed by atoms with Crippen LogP contribution in [0.25, 0.3) is 0 Å². The van der Waals surface area contributed by atoms with Crippen molar-refractivity contribution < 1.29 is 19.8 Å². The Balaban J connectivity index is 2.52. The van der Waals surface area contributed by atoms with Crippen molar-refractivity contribution >= 4 is 28.5 Å². The fourth-order valence-electron chi connectivity index (χ4n) is 0.891. The summed E-state index contributed by atoms with van der Waals surface area (Å²) in [5.41, 5.74) is 1.42. The van der Waals surface area contributed by atoms with E-state index in [2.05, 4.69) is 20.8 Å². The summed E-state index contributed by atoms with van der Waals surface area (Å²) in [4.78, 5) is 21.9. The van der Waals surface area contributed by atoms with Crippen LogP contribution >= 0.6 is 11.3 Å². The van der Waals surface area contributed by atoms with Gasteiger partial charge in [-0.3, -0.25) is 5.32 Å². The van der Waals surface area contributed by atoms with Gasteiger partial charge in [0.15, 0.2) is 6.04 Å². The van der Waals surface area contributed by atoms with E-state index in [9.17, 15) is 9.59 Å². The van der Waals surface area contributed by atoms with Crippen LogP contribution in [0.4, 0.5) is 9.93 Å². The van der Waals surface area contributed by atoms with E-state index in [4.69, 9.17) is 10.2 Å². The highest BCUT2D eigenvalue weighted by atomic mass is 32.1. The molecule has 0 fully saturated rings. The highest BCUT2D eigenvalue weighted by molar-refractivity contribution is 7.13. The molecule has 9 heteroatoms. The summed E-state index contributed by atoms with van der Waals surface area (Å²) >= 11 is 1.09. The molecule has 4 N–H and O–H groups in total. The van der Waals surface area contributed by atoms with E-state index < -0.39 is 24.1 Å². The topological polar surface area (TPSA) is 124 Å². The molecular formula is C7H10N4O4S. The number of carboxylic acid groups (broad SMARTS) is 1. The average molecular weight is 246 g/mol. The van der Waals surface area contributed by atoms with Crippen LogP contribution in [-0.2, 0) is 4.79 Å². The Labute approximate surface area is 94.3 Å². The van der Waals surface area contributed by atoms with Gasteiger partial charge >= 0.3 is 12.0 Å². The third-order valence-electron chi connectivity index (χ3n) is 1.62. The van der Waals surface area contributed by atoms with Gasteiger partial charge in [0.05, 0.1) is 6.10 Å². The second-order valence-electron chi connectivity index (χ2n) is 2.90. The highest BCUT2D eigenvalue weighted by Crippen LogP contribution is 2.07. The molecule has 0 aliphatic heterocycles. The zero-order valence-electron chi connectivity index (χ0n) is 8.25. The molecule has 16 heavy (non-hydrogen) atoms. The molecule has 0 aliphatic carbocycles. The van der Waals surface area contributed by atoms with Gasteiger partial charge in [-0.25, -0.2) is 9.59 Å². The normalized spacial score (nSPS) is 13.9. The Morgan fingerprint density at radius 2 is 2.25 bits per heavy atom. The largest absolute Gasteiger partial charge is 0.480 e. The van der Waals surface area contributed by atoms with Gasteiger partial charge in [0, 0.05) is 0 Å². The van der Waals surface area contributed by atoms with Crippen LogP contribution in [0.1, 0.15) is 6.92 Å². The molecule has 1 aromatic rings. The molecule has 0 radical (unpaired) electrons. The van der Waals surface area contributed by atoms with E-state index >= 15 is 0 Å². The summed E-state index contributed by atoms with van der Waals surface area (Å²) in [6.45, 7) is 1.27. The van der Waals surface area contributed by atoms with Gasteiger partial charge < -0.3 is 15.5 Å². The van der Waals surface area contributed by atoms with Gasteiger partial charge in [0.2, 0.25) is 5.13 Å². The number of hydrogen-bond acceptors (Lipinski definition) is 6. The van der Waals surface area contributed by atoms with Crippen LogP contribution in [0.5, 0.6) is 0 Å². The summed E-state index contributed by atoms with van der Waals surface area (Å²) in [7, 11) is 0. The maximum atomic E-state index is 11.3. The number of rotatable bonds is 4. The van der Waals surface area contributed by atoms with Crippen LogP contribution in [0.3, 0.4) is 0 Å². The van der Waals surface area contributed by atoms with Crippen molar-refractivity contribution in [2.24, 2.45) is 0 Å². The van der Waals surface area contributed by atoms with Crippen molar-refractivity contribution in [2.75, 3.05) is 5.32 Å². The van der Waals surface area contributed by atoms with Crippen LogP contribution in [0.15, 0.2) is 5.51 Å². The number of aliphatic hydroxyl groups excluding tert-OH is 1. The van der Waals surface area contributed by atoms with Gasteiger partial charge in [-0.05, 0) is 6.92 Å². The van der Waals surface area contributed by atoms with Crippen LogP contribution < -0.4 is 10.6 Å². The Kier molecular flexibility index (Phi) is 4.14. The number of anilines is 1. The predicted molar refractivity (Wildman–Crippen MR) is 55.2 cm³/mol. The second-order valence-corrected chi connectivity index (χ2v) is 3.73. The molecular weight excluding hydrogens is 236 g/mol. The standard InChI is InChI=1S/C7H10N4O4S/c1-3(12)4(5(13)14)9-6(15)10-7-11-8-2-16-7/h2-4,12H,1H3,(H,13,14)(H2,9,10,11,15). The number of nitrogens with one attached hydrogen (secondary N) is 2. The van der Waals surface area contributed by atoms with Crippen LogP contribution in [0.2, 0.25) is 0 Å². The number of urea groups is 1. The Morgan fingerprint density at radius 1 is 1.56 bits per heavy atom. The molecule has 2 unspecified atom stereocenters. The third-order valence-corrected chi connectivity index (χ3v) is 2.22. The fraction of sp³-hybridized carbons (Fsp3) is 0.429. The first kappa shape index (κ1) is 12.3. The fourth-order valence-corrected chi connectivity index (χ4v) is 1.33. The smallest absolute Gasteiger partial charge is 0.328 e. The first-order chi connectivity index (χ1) is 7.50. The number of carbonyl (C=O) groups is 2. The number of carboxylic acids is 1. The summed E-state index contributed by atoms with van der Waals surface area (Å²) in [6, 6.07) is -2.13. The lowest BCUT2D eigenvalue weighted by Crippen LogP contribution is -2.49. The third kappa shape index (κ3) is 3.44. The number of carbonyl (C=O) groups excluding carboxylic acids is 1. The van der Waals surface area contributed by atoms with E-state index in [1.165, 1.54) is 12.4 Å². The number of aliphatic carboxylic acids is 1. The number of amides is 2. The first-order valence-electron chi connectivity index (χ1n) is 4.25.